The second-order valence-corrected chi connectivity index (χ2v) is 4.39. The number of hydrogen-bond acceptors (Lipinski definition) is 6. The van der Waals surface area contributed by atoms with Gasteiger partial charge in [-0.15, -0.1) is 0 Å². The van der Waals surface area contributed by atoms with Gasteiger partial charge in [0.1, 0.15) is 18.1 Å². The molecule has 0 saturated carbocycles. The average molecular weight is 297 g/mol. The second-order valence-electron chi connectivity index (χ2n) is 4.39. The third-order valence-electron chi connectivity index (χ3n) is 2.89. The summed E-state index contributed by atoms with van der Waals surface area (Å²) in [5.41, 5.74) is 6.33. The van der Waals surface area contributed by atoms with Gasteiger partial charge >= 0.3 is 5.97 Å². The number of rotatable bonds is 9. The maximum absolute atomic E-state index is 12.0. The van der Waals surface area contributed by atoms with Crippen LogP contribution in [0.5, 0.6) is 11.5 Å². The van der Waals surface area contributed by atoms with E-state index in [0.717, 1.165) is 12.8 Å². The van der Waals surface area contributed by atoms with E-state index in [0.29, 0.717) is 24.7 Å². The molecule has 1 aromatic carbocycles. The third kappa shape index (κ3) is 5.15. The van der Waals surface area contributed by atoms with E-state index in [1.54, 1.807) is 6.07 Å². The van der Waals surface area contributed by atoms with Gasteiger partial charge in [-0.1, -0.05) is 13.3 Å². The summed E-state index contributed by atoms with van der Waals surface area (Å²) < 4.78 is 20.7. The van der Waals surface area contributed by atoms with Gasteiger partial charge in [0, 0.05) is 12.7 Å². The van der Waals surface area contributed by atoms with Crippen molar-refractivity contribution in [3.63, 3.8) is 0 Å². The number of carbonyl (C=O) groups is 1. The Balaban J connectivity index is 2.61. The molecular weight excluding hydrogens is 274 g/mol. The van der Waals surface area contributed by atoms with Gasteiger partial charge in [-0.25, -0.2) is 4.79 Å². The topological polar surface area (TPSA) is 80.0 Å². The van der Waals surface area contributed by atoms with Gasteiger partial charge in [0.05, 0.1) is 32.1 Å². The van der Waals surface area contributed by atoms with Gasteiger partial charge in [0.15, 0.2) is 0 Å². The van der Waals surface area contributed by atoms with Crippen LogP contribution in [-0.2, 0) is 9.47 Å². The Morgan fingerprint density at radius 1 is 1.14 bits per heavy atom. The predicted molar refractivity (Wildman–Crippen MR) is 80.0 cm³/mol. The zero-order chi connectivity index (χ0) is 15.7. The number of anilines is 1. The summed E-state index contributed by atoms with van der Waals surface area (Å²) in [6.45, 7) is 3.31. The fourth-order valence-electron chi connectivity index (χ4n) is 1.68. The minimum Gasteiger partial charge on any atom is -0.497 e. The first-order valence-electron chi connectivity index (χ1n) is 6.90. The highest BCUT2D eigenvalue weighted by molar-refractivity contribution is 5.97. The molecule has 0 bridgehead atoms. The highest BCUT2D eigenvalue weighted by Crippen LogP contribution is 2.31. The van der Waals surface area contributed by atoms with E-state index in [-0.39, 0.29) is 17.9 Å². The number of benzene rings is 1. The van der Waals surface area contributed by atoms with Gasteiger partial charge in [0.2, 0.25) is 0 Å². The Morgan fingerprint density at radius 3 is 2.52 bits per heavy atom. The first kappa shape index (κ1) is 17.1. The van der Waals surface area contributed by atoms with Gasteiger partial charge in [-0.2, -0.15) is 0 Å². The highest BCUT2D eigenvalue weighted by atomic mass is 16.6. The van der Waals surface area contributed by atoms with Gasteiger partial charge < -0.3 is 24.7 Å². The van der Waals surface area contributed by atoms with Crippen LogP contribution in [0.4, 0.5) is 5.69 Å². The predicted octanol–water partition coefficient (Wildman–Crippen LogP) is 2.26. The summed E-state index contributed by atoms with van der Waals surface area (Å²) in [5.74, 6) is 0.330. The summed E-state index contributed by atoms with van der Waals surface area (Å²) >= 11 is 0. The van der Waals surface area contributed by atoms with E-state index in [1.807, 2.05) is 0 Å². The van der Waals surface area contributed by atoms with E-state index in [1.165, 1.54) is 20.3 Å². The number of ether oxygens (including phenoxy) is 4. The van der Waals surface area contributed by atoms with E-state index in [4.69, 9.17) is 24.7 Å². The molecule has 0 saturated heterocycles. The van der Waals surface area contributed by atoms with E-state index in [2.05, 4.69) is 6.92 Å². The van der Waals surface area contributed by atoms with Crippen LogP contribution < -0.4 is 15.2 Å². The lowest BCUT2D eigenvalue weighted by Gasteiger charge is -2.12. The number of hydrogen-bond donors (Lipinski definition) is 1. The first-order chi connectivity index (χ1) is 10.1. The van der Waals surface area contributed by atoms with Crippen LogP contribution in [0.15, 0.2) is 12.1 Å². The summed E-state index contributed by atoms with van der Waals surface area (Å²) in [5, 5.41) is 0. The van der Waals surface area contributed by atoms with E-state index >= 15 is 0 Å². The van der Waals surface area contributed by atoms with Crippen LogP contribution in [0.2, 0.25) is 0 Å². The molecule has 0 fully saturated rings. The average Bonchev–Trinajstić information content (AvgIpc) is 2.50. The Hall–Kier alpha value is -1.95. The molecule has 0 atom stereocenters. The number of nitrogen functional groups attached to an aromatic ring is 1. The monoisotopic (exact) mass is 297 g/mol. The van der Waals surface area contributed by atoms with Gasteiger partial charge in [-0.05, 0) is 12.5 Å². The normalized spacial score (nSPS) is 10.2. The summed E-state index contributed by atoms with van der Waals surface area (Å²) in [7, 11) is 2.98. The van der Waals surface area contributed by atoms with Crippen molar-refractivity contribution in [1.82, 2.24) is 0 Å². The molecule has 1 aromatic rings. The standard InChI is InChI=1S/C15H23NO5/c1-4-5-6-20-7-8-21-15(17)12-9-11(18-2)10-13(19-3)14(12)16/h9-10H,4-8,16H2,1-3H3. The van der Waals surface area contributed by atoms with Crippen LogP contribution in [0.1, 0.15) is 30.1 Å². The fourth-order valence-corrected chi connectivity index (χ4v) is 1.68. The molecule has 1 rings (SSSR count). The summed E-state index contributed by atoms with van der Waals surface area (Å²) in [6, 6.07) is 3.14. The third-order valence-corrected chi connectivity index (χ3v) is 2.89. The van der Waals surface area contributed by atoms with Gasteiger partial charge in [0.25, 0.3) is 0 Å². The first-order valence-corrected chi connectivity index (χ1v) is 6.90. The largest absolute Gasteiger partial charge is 0.497 e. The number of nitrogens with two attached hydrogens (primary N) is 1. The molecule has 0 aliphatic carbocycles. The van der Waals surface area contributed by atoms with E-state index < -0.39 is 5.97 Å². The molecule has 0 unspecified atom stereocenters. The molecule has 21 heavy (non-hydrogen) atoms. The smallest absolute Gasteiger partial charge is 0.340 e. The minimum absolute atomic E-state index is 0.182. The van der Waals surface area contributed by atoms with Crippen LogP contribution in [-0.4, -0.2) is 40.0 Å². The van der Waals surface area contributed by atoms with E-state index in [9.17, 15) is 4.79 Å². The lowest BCUT2D eigenvalue weighted by Crippen LogP contribution is -2.13. The van der Waals surface area contributed by atoms with Crippen molar-refractivity contribution in [2.45, 2.75) is 19.8 Å². The number of methoxy groups -OCH3 is 2. The highest BCUT2D eigenvalue weighted by Gasteiger charge is 2.17. The van der Waals surface area contributed by atoms with Crippen LogP contribution >= 0.6 is 0 Å². The molecule has 118 valence electrons. The van der Waals surface area contributed by atoms with Crippen LogP contribution in [0.3, 0.4) is 0 Å². The minimum atomic E-state index is -0.524. The fraction of sp³-hybridized carbons (Fsp3) is 0.533. The Bertz CT molecular complexity index is 462. The molecule has 0 amide bonds. The second kappa shape index (κ2) is 9.07. The van der Waals surface area contributed by atoms with Crippen molar-refractivity contribution in [1.29, 1.82) is 0 Å². The van der Waals surface area contributed by atoms with Crippen molar-refractivity contribution in [3.05, 3.63) is 17.7 Å². The number of unbranched alkanes of at least 4 members (excludes halogenated alkanes) is 1. The molecule has 0 aliphatic heterocycles. The SMILES string of the molecule is CCCCOCCOC(=O)c1cc(OC)cc(OC)c1N. The van der Waals surface area contributed by atoms with Crippen molar-refractivity contribution in [2.24, 2.45) is 0 Å². The maximum atomic E-state index is 12.0. The molecule has 6 nitrogen and oxygen atoms in total. The van der Waals surface area contributed by atoms with Crippen LogP contribution in [0.25, 0.3) is 0 Å². The molecular formula is C15H23NO5. The quantitative estimate of drug-likeness (QED) is 0.428. The molecule has 0 radical (unpaired) electrons. The molecule has 0 aromatic heterocycles. The van der Waals surface area contributed by atoms with Crippen molar-refractivity contribution < 1.29 is 23.7 Å². The summed E-state index contributed by atoms with van der Waals surface area (Å²) in [6.07, 6.45) is 2.06. The maximum Gasteiger partial charge on any atom is 0.340 e. The van der Waals surface area contributed by atoms with Gasteiger partial charge in [-0.3, -0.25) is 0 Å². The number of carbonyl (C=O) groups excluding carboxylic acids is 1. The van der Waals surface area contributed by atoms with Crippen LogP contribution in [0, 0.1) is 0 Å². The van der Waals surface area contributed by atoms with Crippen molar-refractivity contribution >= 4 is 11.7 Å². The zero-order valence-electron chi connectivity index (χ0n) is 12.8. The molecule has 0 heterocycles. The Labute approximate surface area is 125 Å². The summed E-state index contributed by atoms with van der Waals surface area (Å²) in [4.78, 5) is 12.0. The lowest BCUT2D eigenvalue weighted by molar-refractivity contribution is 0.0314. The molecule has 6 heteroatoms. The Kier molecular flexibility index (Phi) is 7.39. The number of esters is 1. The molecule has 0 spiro atoms. The molecule has 2 N–H and O–H groups in total. The van der Waals surface area contributed by atoms with Crippen molar-refractivity contribution in [3.8, 4) is 11.5 Å². The molecule has 0 aliphatic rings. The van der Waals surface area contributed by atoms with Crippen molar-refractivity contribution in [2.75, 3.05) is 39.8 Å². The Morgan fingerprint density at radius 2 is 1.90 bits per heavy atom. The lowest BCUT2D eigenvalue weighted by atomic mass is 10.1. The zero-order valence-corrected chi connectivity index (χ0v) is 12.8.